The number of carbonyl (C=O) groups excluding carboxylic acids is 1. The Balaban J connectivity index is 1.52. The van der Waals surface area contributed by atoms with Gasteiger partial charge < -0.3 is 4.74 Å². The molecule has 29 heavy (non-hydrogen) atoms. The molecule has 1 heterocycles. The van der Waals surface area contributed by atoms with E-state index >= 15 is 0 Å². The summed E-state index contributed by atoms with van der Waals surface area (Å²) in [4.78, 5) is 17.4. The smallest absolute Gasteiger partial charge is 0.264 e. The molecule has 152 valence electrons. The number of thiazole rings is 1. The van der Waals surface area contributed by atoms with Crippen molar-refractivity contribution in [3.63, 3.8) is 0 Å². The van der Waals surface area contributed by atoms with Crippen molar-refractivity contribution >= 4 is 45.6 Å². The molecule has 0 spiro atoms. The third kappa shape index (κ3) is 6.20. The first kappa shape index (κ1) is 21.6. The molecule has 0 aliphatic heterocycles. The van der Waals surface area contributed by atoms with Gasteiger partial charge in [0, 0.05) is 27.5 Å². The number of anilines is 1. The molecule has 0 bridgehead atoms. The van der Waals surface area contributed by atoms with Crippen LogP contribution in [0.25, 0.3) is 0 Å². The lowest BCUT2D eigenvalue weighted by molar-refractivity contribution is -0.118. The van der Waals surface area contributed by atoms with Crippen molar-refractivity contribution in [2.45, 2.75) is 32.6 Å². The Morgan fingerprint density at radius 3 is 2.52 bits per heavy atom. The average molecular weight is 449 g/mol. The summed E-state index contributed by atoms with van der Waals surface area (Å²) >= 11 is 13.6. The Bertz CT molecular complexity index is 995. The summed E-state index contributed by atoms with van der Waals surface area (Å²) in [7, 11) is 0. The lowest BCUT2D eigenvalue weighted by Gasteiger charge is -2.19. The van der Waals surface area contributed by atoms with Crippen molar-refractivity contribution < 1.29 is 9.53 Å². The molecular weight excluding hydrogens is 427 g/mol. The number of carbonyl (C=O) groups is 1. The Labute approximate surface area is 184 Å². The molecule has 0 aliphatic carbocycles. The zero-order chi connectivity index (χ0) is 21.0. The Morgan fingerprint density at radius 1 is 1.14 bits per heavy atom. The highest BCUT2D eigenvalue weighted by atomic mass is 35.5. The molecule has 0 saturated carbocycles. The lowest BCUT2D eigenvalue weighted by atomic mass is 9.87. The highest BCUT2D eigenvalue weighted by molar-refractivity contribution is 7.15. The first-order chi connectivity index (χ1) is 13.7. The predicted molar refractivity (Wildman–Crippen MR) is 121 cm³/mol. The van der Waals surface area contributed by atoms with Gasteiger partial charge in [-0.25, -0.2) is 4.98 Å². The quantitative estimate of drug-likeness (QED) is 0.477. The van der Waals surface area contributed by atoms with Gasteiger partial charge in [0.05, 0.1) is 0 Å². The van der Waals surface area contributed by atoms with Crippen LogP contribution in [-0.2, 0) is 16.6 Å². The minimum Gasteiger partial charge on any atom is -0.484 e. The maximum atomic E-state index is 12.2. The minimum atomic E-state index is -0.254. The molecule has 4 nitrogen and oxygen atoms in total. The van der Waals surface area contributed by atoms with E-state index in [1.165, 1.54) is 16.9 Å². The van der Waals surface area contributed by atoms with E-state index in [2.05, 4.69) is 31.1 Å². The van der Waals surface area contributed by atoms with Crippen LogP contribution in [0.2, 0.25) is 10.0 Å². The molecular formula is C22H22Cl2N2O2S. The van der Waals surface area contributed by atoms with E-state index in [4.69, 9.17) is 27.9 Å². The summed E-state index contributed by atoms with van der Waals surface area (Å²) < 4.78 is 5.57. The number of halogens is 2. The Hall–Kier alpha value is -2.08. The second-order valence-corrected chi connectivity index (χ2v) is 9.61. The molecule has 3 rings (SSSR count). The molecule has 0 radical (unpaired) electrons. The van der Waals surface area contributed by atoms with E-state index in [9.17, 15) is 4.79 Å². The standard InChI is InChI=1S/C22H22Cl2N2O2S/c1-22(2,3)15-5-8-17(9-6-15)28-13-20(27)26-21-25-12-18(29-21)10-14-4-7-16(23)11-19(14)24/h4-9,11-12H,10,13H2,1-3H3,(H,25,26,27). The minimum absolute atomic E-state index is 0.0766. The number of amides is 1. The summed E-state index contributed by atoms with van der Waals surface area (Å²) in [6.07, 6.45) is 2.36. The van der Waals surface area contributed by atoms with Gasteiger partial charge in [0.2, 0.25) is 0 Å². The topological polar surface area (TPSA) is 51.2 Å². The molecule has 1 amide bonds. The van der Waals surface area contributed by atoms with Gasteiger partial charge >= 0.3 is 0 Å². The molecule has 0 atom stereocenters. The van der Waals surface area contributed by atoms with E-state index < -0.39 is 0 Å². The van der Waals surface area contributed by atoms with Crippen molar-refractivity contribution in [2.24, 2.45) is 0 Å². The molecule has 0 fully saturated rings. The molecule has 0 saturated heterocycles. The molecule has 1 N–H and O–H groups in total. The Kier molecular flexibility index (Phi) is 6.83. The van der Waals surface area contributed by atoms with Gasteiger partial charge in [-0.1, -0.05) is 62.2 Å². The number of hydrogen-bond donors (Lipinski definition) is 1. The van der Waals surface area contributed by atoms with Gasteiger partial charge in [0.1, 0.15) is 5.75 Å². The fourth-order valence-corrected chi connectivity index (χ4v) is 3.98. The highest BCUT2D eigenvalue weighted by Gasteiger charge is 2.14. The monoisotopic (exact) mass is 448 g/mol. The van der Waals surface area contributed by atoms with Gasteiger partial charge in [-0.3, -0.25) is 10.1 Å². The van der Waals surface area contributed by atoms with E-state index in [0.29, 0.717) is 27.3 Å². The molecule has 3 aromatic rings. The van der Waals surface area contributed by atoms with E-state index in [-0.39, 0.29) is 17.9 Å². The van der Waals surface area contributed by atoms with Crippen molar-refractivity contribution in [3.8, 4) is 5.75 Å². The zero-order valence-electron chi connectivity index (χ0n) is 16.5. The summed E-state index contributed by atoms with van der Waals surface area (Å²) in [5, 5.41) is 4.51. The number of benzene rings is 2. The van der Waals surface area contributed by atoms with Crippen LogP contribution in [-0.4, -0.2) is 17.5 Å². The third-order valence-electron chi connectivity index (χ3n) is 4.27. The first-order valence-electron chi connectivity index (χ1n) is 9.12. The Morgan fingerprint density at radius 2 is 1.86 bits per heavy atom. The number of aromatic nitrogens is 1. The van der Waals surface area contributed by atoms with Crippen LogP contribution < -0.4 is 10.1 Å². The summed E-state index contributed by atoms with van der Waals surface area (Å²) in [6.45, 7) is 6.38. The largest absolute Gasteiger partial charge is 0.484 e. The lowest BCUT2D eigenvalue weighted by Crippen LogP contribution is -2.20. The predicted octanol–water partition coefficient (Wildman–Crippen LogP) is 6.36. The van der Waals surface area contributed by atoms with Crippen LogP contribution in [0, 0.1) is 0 Å². The number of rotatable bonds is 6. The van der Waals surface area contributed by atoms with Crippen molar-refractivity contribution in [1.29, 1.82) is 0 Å². The summed E-state index contributed by atoms with van der Waals surface area (Å²) in [5.74, 6) is 0.403. The van der Waals surface area contributed by atoms with Gasteiger partial charge in [-0.15, -0.1) is 11.3 Å². The van der Waals surface area contributed by atoms with Gasteiger partial charge in [-0.05, 0) is 40.8 Å². The van der Waals surface area contributed by atoms with Crippen molar-refractivity contribution in [2.75, 3.05) is 11.9 Å². The zero-order valence-corrected chi connectivity index (χ0v) is 18.8. The maximum absolute atomic E-state index is 12.2. The second kappa shape index (κ2) is 9.16. The fourth-order valence-electron chi connectivity index (χ4n) is 2.66. The van der Waals surface area contributed by atoms with Gasteiger partial charge in [-0.2, -0.15) is 0 Å². The number of hydrogen-bond acceptors (Lipinski definition) is 4. The van der Waals surface area contributed by atoms with E-state index in [1.54, 1.807) is 18.3 Å². The number of ether oxygens (including phenoxy) is 1. The maximum Gasteiger partial charge on any atom is 0.264 e. The summed E-state index contributed by atoms with van der Waals surface area (Å²) in [5.41, 5.74) is 2.25. The summed E-state index contributed by atoms with van der Waals surface area (Å²) in [6, 6.07) is 13.2. The molecule has 1 aromatic heterocycles. The SMILES string of the molecule is CC(C)(C)c1ccc(OCC(=O)Nc2ncc(Cc3ccc(Cl)cc3Cl)s2)cc1. The molecule has 0 aliphatic rings. The number of nitrogens with zero attached hydrogens (tertiary/aromatic N) is 1. The van der Waals surface area contributed by atoms with Crippen molar-refractivity contribution in [1.82, 2.24) is 4.98 Å². The van der Waals surface area contributed by atoms with Crippen molar-refractivity contribution in [3.05, 3.63) is 74.7 Å². The van der Waals surface area contributed by atoms with Gasteiger partial charge in [0.15, 0.2) is 11.7 Å². The number of nitrogens with one attached hydrogen (secondary N) is 1. The highest BCUT2D eigenvalue weighted by Crippen LogP contribution is 2.27. The van der Waals surface area contributed by atoms with Gasteiger partial charge in [0.25, 0.3) is 5.91 Å². The van der Waals surface area contributed by atoms with E-state index in [1.807, 2.05) is 30.3 Å². The van der Waals surface area contributed by atoms with E-state index in [0.717, 1.165) is 10.4 Å². The molecule has 7 heteroatoms. The normalized spacial score (nSPS) is 11.3. The van der Waals surface area contributed by atoms with Crippen LogP contribution in [0.1, 0.15) is 36.8 Å². The van der Waals surface area contributed by atoms with Crippen LogP contribution in [0.4, 0.5) is 5.13 Å². The third-order valence-corrected chi connectivity index (χ3v) is 5.77. The second-order valence-electron chi connectivity index (χ2n) is 7.66. The van der Waals surface area contributed by atoms with Crippen LogP contribution in [0.15, 0.2) is 48.7 Å². The fraction of sp³-hybridized carbons (Fsp3) is 0.273. The van der Waals surface area contributed by atoms with Crippen LogP contribution >= 0.6 is 34.5 Å². The van der Waals surface area contributed by atoms with Crippen LogP contribution in [0.3, 0.4) is 0 Å². The molecule has 0 unspecified atom stereocenters. The van der Waals surface area contributed by atoms with Crippen LogP contribution in [0.5, 0.6) is 5.75 Å². The first-order valence-corrected chi connectivity index (χ1v) is 10.7. The molecule has 2 aromatic carbocycles. The average Bonchev–Trinajstić information content (AvgIpc) is 3.09.